The first kappa shape index (κ1) is 10.9. The van der Waals surface area contributed by atoms with Gasteiger partial charge in [0.25, 0.3) is 0 Å². The molecule has 0 bridgehead atoms. The predicted octanol–water partition coefficient (Wildman–Crippen LogP) is 0.159. The fourth-order valence-electron chi connectivity index (χ4n) is 1.48. The van der Waals surface area contributed by atoms with Crippen LogP contribution in [0, 0.1) is 5.41 Å². The van der Waals surface area contributed by atoms with Gasteiger partial charge in [0.2, 0.25) is 5.91 Å². The number of rotatable bonds is 4. The molecule has 0 aromatic carbocycles. The number of amides is 1. The molecule has 0 saturated heterocycles. The second-order valence-electron chi connectivity index (χ2n) is 3.84. The fraction of sp³-hybridized carbons (Fsp3) is 0.400. The van der Waals surface area contributed by atoms with Crippen LogP contribution in [0.4, 0.5) is 0 Å². The quantitative estimate of drug-likeness (QED) is 0.728. The van der Waals surface area contributed by atoms with Gasteiger partial charge in [0.05, 0.1) is 22.6 Å². The first-order valence-corrected chi connectivity index (χ1v) is 5.41. The van der Waals surface area contributed by atoms with Crippen LogP contribution in [0.5, 0.6) is 0 Å². The first-order chi connectivity index (χ1) is 7.65. The predicted molar refractivity (Wildman–Crippen MR) is 62.3 cm³/mol. The first-order valence-electron chi connectivity index (χ1n) is 5.00. The van der Waals surface area contributed by atoms with Crippen LogP contribution < -0.4 is 11.1 Å². The van der Waals surface area contributed by atoms with Crippen molar-refractivity contribution >= 4 is 23.1 Å². The summed E-state index contributed by atoms with van der Waals surface area (Å²) in [5.41, 5.74) is 5.66. The zero-order valence-corrected chi connectivity index (χ0v) is 9.46. The Kier molecular flexibility index (Phi) is 2.82. The second-order valence-corrected chi connectivity index (χ2v) is 4.28. The van der Waals surface area contributed by atoms with Gasteiger partial charge in [0.1, 0.15) is 0 Å². The average Bonchev–Trinajstić information content (AvgIpc) is 3.08. The molecule has 1 heterocycles. The molecule has 1 aromatic heterocycles. The molecule has 0 radical (unpaired) electrons. The van der Waals surface area contributed by atoms with Crippen molar-refractivity contribution in [2.75, 3.05) is 0 Å². The largest absolute Gasteiger partial charge is 0.392 e. The Morgan fingerprint density at radius 3 is 2.88 bits per heavy atom. The molecule has 1 fully saturated rings. The summed E-state index contributed by atoms with van der Waals surface area (Å²) >= 11 is 4.89. The molecule has 0 aliphatic heterocycles. The van der Waals surface area contributed by atoms with Gasteiger partial charge in [0.15, 0.2) is 0 Å². The molecule has 3 N–H and O–H groups in total. The van der Waals surface area contributed by atoms with Gasteiger partial charge >= 0.3 is 0 Å². The van der Waals surface area contributed by atoms with Crippen LogP contribution in [0.1, 0.15) is 18.5 Å². The van der Waals surface area contributed by atoms with Crippen LogP contribution in [-0.2, 0) is 11.3 Å². The minimum Gasteiger partial charge on any atom is -0.392 e. The van der Waals surface area contributed by atoms with E-state index in [1.54, 1.807) is 18.3 Å². The molecule has 16 heavy (non-hydrogen) atoms. The van der Waals surface area contributed by atoms with E-state index in [0.29, 0.717) is 6.54 Å². The summed E-state index contributed by atoms with van der Waals surface area (Å²) in [6.45, 7) is 0.358. The Morgan fingerprint density at radius 1 is 1.62 bits per heavy atom. The zero-order valence-electron chi connectivity index (χ0n) is 8.64. The summed E-state index contributed by atoms with van der Waals surface area (Å²) in [6.07, 6.45) is 3.08. The maximum atomic E-state index is 11.8. The number of carbonyl (C=O) groups is 1. The SMILES string of the molecule is NC(=S)C1(C(=O)NCc2cccnn2)CC1. The Morgan fingerprint density at radius 2 is 2.38 bits per heavy atom. The van der Waals surface area contributed by atoms with Gasteiger partial charge in [-0.15, -0.1) is 0 Å². The average molecular weight is 236 g/mol. The van der Waals surface area contributed by atoms with E-state index in [9.17, 15) is 4.79 Å². The van der Waals surface area contributed by atoms with Gasteiger partial charge in [0, 0.05) is 6.20 Å². The summed E-state index contributed by atoms with van der Waals surface area (Å²) in [7, 11) is 0. The van der Waals surface area contributed by atoms with Gasteiger partial charge in [-0.2, -0.15) is 10.2 Å². The van der Waals surface area contributed by atoms with Crippen LogP contribution in [0.3, 0.4) is 0 Å². The van der Waals surface area contributed by atoms with Gasteiger partial charge in [-0.25, -0.2) is 0 Å². The van der Waals surface area contributed by atoms with Crippen molar-refractivity contribution in [3.8, 4) is 0 Å². The Hall–Kier alpha value is -1.56. The summed E-state index contributed by atoms with van der Waals surface area (Å²) in [5, 5.41) is 10.4. The molecule has 84 valence electrons. The van der Waals surface area contributed by atoms with Crippen molar-refractivity contribution in [2.45, 2.75) is 19.4 Å². The zero-order chi connectivity index (χ0) is 11.6. The lowest BCUT2D eigenvalue weighted by molar-refractivity contribution is -0.124. The molecular weight excluding hydrogens is 224 g/mol. The van der Waals surface area contributed by atoms with Gasteiger partial charge in [-0.3, -0.25) is 4.79 Å². The summed E-state index contributed by atoms with van der Waals surface area (Å²) in [5.74, 6) is -0.106. The molecule has 1 aromatic rings. The minimum absolute atomic E-state index is 0.106. The molecule has 2 rings (SSSR count). The smallest absolute Gasteiger partial charge is 0.233 e. The Balaban J connectivity index is 1.92. The maximum Gasteiger partial charge on any atom is 0.233 e. The van der Waals surface area contributed by atoms with E-state index in [0.717, 1.165) is 18.5 Å². The van der Waals surface area contributed by atoms with Crippen LogP contribution in [-0.4, -0.2) is 21.1 Å². The van der Waals surface area contributed by atoms with E-state index in [-0.39, 0.29) is 10.9 Å². The van der Waals surface area contributed by atoms with E-state index in [1.165, 1.54) is 0 Å². The summed E-state index contributed by atoms with van der Waals surface area (Å²) in [6, 6.07) is 3.57. The fourth-order valence-corrected chi connectivity index (χ4v) is 1.77. The maximum absolute atomic E-state index is 11.8. The lowest BCUT2D eigenvalue weighted by Crippen LogP contribution is -2.39. The second kappa shape index (κ2) is 4.13. The lowest BCUT2D eigenvalue weighted by atomic mass is 10.1. The number of hydrogen-bond acceptors (Lipinski definition) is 4. The third-order valence-electron chi connectivity index (χ3n) is 2.71. The van der Waals surface area contributed by atoms with Crippen LogP contribution in [0.2, 0.25) is 0 Å². The molecule has 1 aliphatic rings. The summed E-state index contributed by atoms with van der Waals surface area (Å²) in [4.78, 5) is 12.1. The topological polar surface area (TPSA) is 80.9 Å². The van der Waals surface area contributed by atoms with Gasteiger partial charge < -0.3 is 11.1 Å². The number of carbonyl (C=O) groups excluding carboxylic acids is 1. The number of aromatic nitrogens is 2. The van der Waals surface area contributed by atoms with E-state index in [2.05, 4.69) is 15.5 Å². The number of nitrogens with one attached hydrogen (secondary N) is 1. The van der Waals surface area contributed by atoms with E-state index in [4.69, 9.17) is 18.0 Å². The highest BCUT2D eigenvalue weighted by Crippen LogP contribution is 2.46. The lowest BCUT2D eigenvalue weighted by Gasteiger charge is -2.12. The third-order valence-corrected chi connectivity index (χ3v) is 3.10. The highest BCUT2D eigenvalue weighted by atomic mass is 32.1. The third kappa shape index (κ3) is 2.01. The highest BCUT2D eigenvalue weighted by molar-refractivity contribution is 7.80. The van der Waals surface area contributed by atoms with E-state index < -0.39 is 5.41 Å². The monoisotopic (exact) mass is 236 g/mol. The van der Waals surface area contributed by atoms with Crippen molar-refractivity contribution in [3.63, 3.8) is 0 Å². The summed E-state index contributed by atoms with van der Waals surface area (Å²) < 4.78 is 0. The molecule has 1 saturated carbocycles. The van der Waals surface area contributed by atoms with Crippen molar-refractivity contribution in [3.05, 3.63) is 24.0 Å². The number of nitrogens with two attached hydrogens (primary N) is 1. The number of hydrogen-bond donors (Lipinski definition) is 2. The van der Waals surface area contributed by atoms with Crippen molar-refractivity contribution < 1.29 is 4.79 Å². The van der Waals surface area contributed by atoms with Crippen LogP contribution in [0.25, 0.3) is 0 Å². The van der Waals surface area contributed by atoms with Crippen molar-refractivity contribution in [1.29, 1.82) is 0 Å². The highest BCUT2D eigenvalue weighted by Gasteiger charge is 2.52. The molecule has 1 amide bonds. The standard InChI is InChI=1S/C10H12N4OS/c11-8(16)10(3-4-10)9(15)12-6-7-2-1-5-13-14-7/h1-2,5H,3-4,6H2,(H2,11,16)(H,12,15). The van der Waals surface area contributed by atoms with Crippen LogP contribution in [0.15, 0.2) is 18.3 Å². The number of thiocarbonyl (C=S) groups is 1. The Bertz CT molecular complexity index is 416. The van der Waals surface area contributed by atoms with Gasteiger partial charge in [-0.05, 0) is 25.0 Å². The molecule has 5 nitrogen and oxygen atoms in total. The molecule has 0 unspecified atom stereocenters. The van der Waals surface area contributed by atoms with Crippen LogP contribution >= 0.6 is 12.2 Å². The Labute approximate surface area is 98.4 Å². The van der Waals surface area contributed by atoms with Crippen molar-refractivity contribution in [1.82, 2.24) is 15.5 Å². The molecule has 0 spiro atoms. The molecule has 0 atom stereocenters. The normalized spacial score (nSPS) is 16.5. The molecule has 1 aliphatic carbocycles. The number of nitrogens with zero attached hydrogens (tertiary/aromatic N) is 2. The van der Waals surface area contributed by atoms with Gasteiger partial charge in [-0.1, -0.05) is 12.2 Å². The minimum atomic E-state index is -0.600. The van der Waals surface area contributed by atoms with E-state index in [1.807, 2.05) is 0 Å². The van der Waals surface area contributed by atoms with Crippen molar-refractivity contribution in [2.24, 2.45) is 11.1 Å². The molecule has 6 heteroatoms. The molecular formula is C10H12N4OS. The van der Waals surface area contributed by atoms with E-state index >= 15 is 0 Å².